The number of hydrazone groups is 1. The fourth-order valence-corrected chi connectivity index (χ4v) is 0.924. The maximum Gasteiger partial charge on any atom is 0.244 e. The molecule has 1 heterocycles. The lowest BCUT2D eigenvalue weighted by Gasteiger charge is -2.13. The number of carbonyl (C=O) groups is 1. The Labute approximate surface area is 76.9 Å². The Morgan fingerprint density at radius 1 is 1.69 bits per heavy atom. The van der Waals surface area contributed by atoms with Gasteiger partial charge in [-0.15, -0.1) is 0 Å². The molecule has 0 unspecified atom stereocenters. The van der Waals surface area contributed by atoms with Crippen LogP contribution in [0.15, 0.2) is 29.6 Å². The van der Waals surface area contributed by atoms with Crippen LogP contribution in [0.3, 0.4) is 0 Å². The van der Waals surface area contributed by atoms with E-state index in [1.807, 2.05) is 0 Å². The second kappa shape index (κ2) is 4.35. The Bertz CT molecular complexity index is 308. The first kappa shape index (κ1) is 9.38. The highest BCUT2D eigenvalue weighted by Crippen LogP contribution is 2.11. The fraction of sp³-hybridized carbons (Fsp3) is 0.222. The number of nitrogens with zero attached hydrogens (tertiary/aromatic N) is 3. The van der Waals surface area contributed by atoms with E-state index in [1.54, 1.807) is 37.7 Å². The van der Waals surface area contributed by atoms with Crippen LogP contribution >= 0.6 is 0 Å². The molecular weight excluding hydrogens is 166 g/mol. The van der Waals surface area contributed by atoms with Crippen molar-refractivity contribution in [3.05, 3.63) is 24.5 Å². The van der Waals surface area contributed by atoms with Gasteiger partial charge in [-0.05, 0) is 19.1 Å². The standard InChI is InChI=1S/C9H11N3O/c1-3-11-12(8(2)13)9-5-4-6-10-7-9/h3-7H,1-2H3. The largest absolute Gasteiger partial charge is 0.273 e. The molecule has 0 bridgehead atoms. The minimum absolute atomic E-state index is 0.133. The third-order valence-corrected chi connectivity index (χ3v) is 1.42. The first-order valence-electron chi connectivity index (χ1n) is 3.95. The molecule has 68 valence electrons. The molecule has 0 aliphatic heterocycles. The smallest absolute Gasteiger partial charge is 0.244 e. The number of anilines is 1. The Morgan fingerprint density at radius 3 is 2.92 bits per heavy atom. The second-order valence-electron chi connectivity index (χ2n) is 2.42. The summed E-state index contributed by atoms with van der Waals surface area (Å²) in [6, 6.07) is 3.54. The van der Waals surface area contributed by atoms with E-state index in [9.17, 15) is 4.79 Å². The first-order valence-corrected chi connectivity index (χ1v) is 3.95. The molecule has 0 radical (unpaired) electrons. The molecule has 0 spiro atoms. The highest BCUT2D eigenvalue weighted by molar-refractivity contribution is 5.91. The molecular formula is C9H11N3O. The van der Waals surface area contributed by atoms with Gasteiger partial charge in [0, 0.05) is 19.3 Å². The molecule has 1 rings (SSSR count). The summed E-state index contributed by atoms with van der Waals surface area (Å²) >= 11 is 0. The van der Waals surface area contributed by atoms with Gasteiger partial charge in [0.15, 0.2) is 0 Å². The van der Waals surface area contributed by atoms with Gasteiger partial charge < -0.3 is 0 Å². The summed E-state index contributed by atoms with van der Waals surface area (Å²) in [5.41, 5.74) is 0.674. The van der Waals surface area contributed by atoms with Crippen LogP contribution in [0.1, 0.15) is 13.8 Å². The van der Waals surface area contributed by atoms with Crippen molar-refractivity contribution < 1.29 is 4.79 Å². The number of hydrogen-bond acceptors (Lipinski definition) is 3. The minimum Gasteiger partial charge on any atom is -0.273 e. The summed E-state index contributed by atoms with van der Waals surface area (Å²) in [5, 5.41) is 5.21. The Hall–Kier alpha value is -1.71. The predicted octanol–water partition coefficient (Wildman–Crippen LogP) is 1.44. The van der Waals surface area contributed by atoms with Crippen LogP contribution in [0.2, 0.25) is 0 Å². The molecule has 0 aromatic carbocycles. The zero-order chi connectivity index (χ0) is 9.68. The Balaban J connectivity index is 2.96. The lowest BCUT2D eigenvalue weighted by molar-refractivity contribution is -0.116. The van der Waals surface area contributed by atoms with E-state index in [-0.39, 0.29) is 5.91 Å². The molecule has 1 amide bonds. The average Bonchev–Trinajstić information content (AvgIpc) is 2.15. The van der Waals surface area contributed by atoms with Gasteiger partial charge in [0.05, 0.1) is 11.9 Å². The molecule has 1 aromatic heterocycles. The molecule has 13 heavy (non-hydrogen) atoms. The summed E-state index contributed by atoms with van der Waals surface area (Å²) in [4.78, 5) is 15.0. The van der Waals surface area contributed by atoms with E-state index < -0.39 is 0 Å². The van der Waals surface area contributed by atoms with E-state index in [2.05, 4.69) is 10.1 Å². The average molecular weight is 177 g/mol. The molecule has 0 N–H and O–H groups in total. The third-order valence-electron chi connectivity index (χ3n) is 1.42. The van der Waals surface area contributed by atoms with Crippen LogP contribution in [-0.2, 0) is 4.79 Å². The Morgan fingerprint density at radius 2 is 2.46 bits per heavy atom. The summed E-state index contributed by atoms with van der Waals surface area (Å²) in [6.45, 7) is 3.21. The normalized spacial score (nSPS) is 10.3. The van der Waals surface area contributed by atoms with Crippen molar-refractivity contribution in [2.45, 2.75) is 13.8 Å². The van der Waals surface area contributed by atoms with Gasteiger partial charge in [0.1, 0.15) is 0 Å². The minimum atomic E-state index is -0.133. The van der Waals surface area contributed by atoms with E-state index in [0.29, 0.717) is 5.69 Å². The second-order valence-corrected chi connectivity index (χ2v) is 2.42. The molecule has 0 aliphatic rings. The van der Waals surface area contributed by atoms with Gasteiger partial charge >= 0.3 is 0 Å². The third kappa shape index (κ3) is 2.37. The van der Waals surface area contributed by atoms with E-state index >= 15 is 0 Å². The van der Waals surface area contributed by atoms with Gasteiger partial charge in [-0.1, -0.05) is 0 Å². The molecule has 0 saturated carbocycles. The summed E-state index contributed by atoms with van der Waals surface area (Å²) in [5.74, 6) is -0.133. The van der Waals surface area contributed by atoms with E-state index in [4.69, 9.17) is 0 Å². The van der Waals surface area contributed by atoms with Crippen molar-refractivity contribution in [2.24, 2.45) is 5.10 Å². The molecule has 1 aromatic rings. The number of rotatable bonds is 2. The summed E-state index contributed by atoms with van der Waals surface area (Å²) in [6.07, 6.45) is 4.81. The monoisotopic (exact) mass is 177 g/mol. The molecule has 0 aliphatic carbocycles. The number of carbonyl (C=O) groups excluding carboxylic acids is 1. The highest BCUT2D eigenvalue weighted by atomic mass is 16.2. The van der Waals surface area contributed by atoms with E-state index in [1.165, 1.54) is 11.9 Å². The van der Waals surface area contributed by atoms with Gasteiger partial charge in [-0.25, -0.2) is 0 Å². The molecule has 0 atom stereocenters. The van der Waals surface area contributed by atoms with Gasteiger partial charge in [0.2, 0.25) is 5.91 Å². The van der Waals surface area contributed by atoms with Crippen LogP contribution in [0.25, 0.3) is 0 Å². The van der Waals surface area contributed by atoms with Crippen LogP contribution in [-0.4, -0.2) is 17.1 Å². The predicted molar refractivity (Wildman–Crippen MR) is 51.6 cm³/mol. The maximum atomic E-state index is 11.1. The SMILES string of the molecule is CC=NN(C(C)=O)c1cccnc1. The van der Waals surface area contributed by atoms with Gasteiger partial charge in [0.25, 0.3) is 0 Å². The topological polar surface area (TPSA) is 45.6 Å². The summed E-state index contributed by atoms with van der Waals surface area (Å²) in [7, 11) is 0. The van der Waals surface area contributed by atoms with Crippen molar-refractivity contribution in [2.75, 3.05) is 5.01 Å². The molecule has 0 saturated heterocycles. The van der Waals surface area contributed by atoms with Crippen LogP contribution < -0.4 is 5.01 Å². The number of pyridine rings is 1. The van der Waals surface area contributed by atoms with Crippen molar-refractivity contribution in [1.29, 1.82) is 0 Å². The lowest BCUT2D eigenvalue weighted by atomic mass is 10.4. The van der Waals surface area contributed by atoms with E-state index in [0.717, 1.165) is 0 Å². The summed E-state index contributed by atoms with van der Waals surface area (Å²) < 4.78 is 0. The van der Waals surface area contributed by atoms with Gasteiger partial charge in [-0.3, -0.25) is 9.78 Å². The number of hydrogen-bond donors (Lipinski definition) is 0. The van der Waals surface area contributed by atoms with Crippen molar-refractivity contribution in [3.8, 4) is 0 Å². The first-order chi connectivity index (χ1) is 6.25. The van der Waals surface area contributed by atoms with Crippen molar-refractivity contribution in [3.63, 3.8) is 0 Å². The maximum absolute atomic E-state index is 11.1. The zero-order valence-corrected chi connectivity index (χ0v) is 7.64. The van der Waals surface area contributed by atoms with Crippen LogP contribution in [0.5, 0.6) is 0 Å². The molecule has 4 heteroatoms. The number of amides is 1. The van der Waals surface area contributed by atoms with Crippen molar-refractivity contribution >= 4 is 17.8 Å². The zero-order valence-electron chi connectivity index (χ0n) is 7.64. The fourth-order valence-electron chi connectivity index (χ4n) is 0.924. The van der Waals surface area contributed by atoms with Crippen molar-refractivity contribution in [1.82, 2.24) is 4.98 Å². The lowest BCUT2D eigenvalue weighted by Crippen LogP contribution is -2.22. The van der Waals surface area contributed by atoms with Crippen LogP contribution in [0, 0.1) is 0 Å². The highest BCUT2D eigenvalue weighted by Gasteiger charge is 2.07. The van der Waals surface area contributed by atoms with Crippen LogP contribution in [0.4, 0.5) is 5.69 Å². The Kier molecular flexibility index (Phi) is 3.14. The molecule has 4 nitrogen and oxygen atoms in total. The number of aromatic nitrogens is 1. The van der Waals surface area contributed by atoms with Gasteiger partial charge in [-0.2, -0.15) is 10.1 Å². The quantitative estimate of drug-likeness (QED) is 0.507. The molecule has 0 fully saturated rings.